The highest BCUT2D eigenvalue weighted by atomic mass is 29.6. The summed E-state index contributed by atoms with van der Waals surface area (Å²) in [4.78, 5) is 0. The zero-order valence-electron chi connectivity index (χ0n) is 8.74. The fourth-order valence-corrected chi connectivity index (χ4v) is 10.2. The molecule has 0 saturated carbocycles. The maximum Gasteiger partial charge on any atom is 0.0222 e. The van der Waals surface area contributed by atoms with Gasteiger partial charge in [-0.25, -0.2) is 0 Å². The summed E-state index contributed by atoms with van der Waals surface area (Å²) in [6.45, 7) is 7.04. The highest BCUT2D eigenvalue weighted by Crippen LogP contribution is 2.03. The molecule has 0 heterocycles. The van der Waals surface area contributed by atoms with Gasteiger partial charge in [0.1, 0.15) is 0 Å². The molecule has 0 atom stereocenters. The van der Waals surface area contributed by atoms with Gasteiger partial charge in [-0.3, -0.25) is 0 Å². The van der Waals surface area contributed by atoms with E-state index in [0.717, 1.165) is 0 Å². The van der Waals surface area contributed by atoms with Gasteiger partial charge in [-0.15, -0.1) is 0 Å². The second kappa shape index (κ2) is 9.74. The van der Waals surface area contributed by atoms with Gasteiger partial charge in [-0.2, -0.15) is 0 Å². The largest absolute Gasteiger partial charge is 0.0759 e. The van der Waals surface area contributed by atoms with Gasteiger partial charge in [-0.05, 0) is 0 Å². The van der Waals surface area contributed by atoms with E-state index < -0.39 is 0 Å². The molecule has 12 heavy (non-hydrogen) atoms. The maximum absolute atomic E-state index is 2.42. The number of hydrogen-bond acceptors (Lipinski definition) is 0. The topological polar surface area (TPSA) is 0 Å². The summed E-state index contributed by atoms with van der Waals surface area (Å²) < 4.78 is 0. The Morgan fingerprint density at radius 2 is 1.75 bits per heavy atom. The van der Waals surface area contributed by atoms with E-state index in [4.69, 9.17) is 0 Å². The van der Waals surface area contributed by atoms with Gasteiger partial charge in [0.2, 0.25) is 0 Å². The lowest BCUT2D eigenvalue weighted by Crippen LogP contribution is -2.28. The molecule has 0 aromatic carbocycles. The second-order valence-electron chi connectivity index (χ2n) is 3.11. The Morgan fingerprint density at radius 3 is 2.25 bits per heavy atom. The molecule has 0 spiro atoms. The van der Waals surface area contributed by atoms with E-state index in [0.29, 0.717) is 0 Å². The Morgan fingerprint density at radius 1 is 1.08 bits per heavy atom. The van der Waals surface area contributed by atoms with Gasteiger partial charge in [-0.1, -0.05) is 58.2 Å². The van der Waals surface area contributed by atoms with Crippen LogP contribution in [0.5, 0.6) is 0 Å². The fraction of sp³-hybridized carbons (Fsp3) is 1.00. The normalized spacial score (nSPS) is 11.0. The van der Waals surface area contributed by atoms with E-state index in [1.807, 2.05) is 0 Å². The molecule has 69 valence electrons. The van der Waals surface area contributed by atoms with Crippen LogP contribution >= 0.6 is 0 Å². The standard InChI is InChI=1S/C9H21Si3/c1-4-6-8-11-12(10-3)9-7-5-2/h4-9H2,1-3H3. The molecule has 0 aliphatic carbocycles. The highest BCUT2D eigenvalue weighted by molar-refractivity contribution is 7.39. The van der Waals surface area contributed by atoms with Crippen LogP contribution in [0.3, 0.4) is 0 Å². The summed E-state index contributed by atoms with van der Waals surface area (Å²) in [6.07, 6.45) is 5.76. The minimum Gasteiger partial charge on any atom is -0.0759 e. The average molecular weight is 214 g/mol. The molecule has 0 fully saturated rings. The first-order valence-electron chi connectivity index (χ1n) is 5.12. The lowest BCUT2D eigenvalue weighted by Gasteiger charge is -2.09. The first-order chi connectivity index (χ1) is 5.85. The van der Waals surface area contributed by atoms with Crippen LogP contribution in [0.1, 0.15) is 39.5 Å². The molecule has 0 unspecified atom stereocenters. The first kappa shape index (κ1) is 12.7. The molecular formula is C9H21Si3. The fourth-order valence-electron chi connectivity index (χ4n) is 1.07. The van der Waals surface area contributed by atoms with Crippen LogP contribution in [-0.2, 0) is 0 Å². The van der Waals surface area contributed by atoms with Crippen molar-refractivity contribution in [3.8, 4) is 0 Å². The molecule has 0 aromatic rings. The van der Waals surface area contributed by atoms with Crippen molar-refractivity contribution in [3.05, 3.63) is 0 Å². The molecule has 0 saturated heterocycles. The van der Waals surface area contributed by atoms with Crippen LogP contribution in [0.25, 0.3) is 0 Å². The minimum absolute atomic E-state index is 0.136. The van der Waals surface area contributed by atoms with E-state index in [9.17, 15) is 0 Å². The van der Waals surface area contributed by atoms with Crippen molar-refractivity contribution >= 4 is 25.9 Å². The summed E-state index contributed by atoms with van der Waals surface area (Å²) in [5, 5.41) is 0. The molecule has 0 bridgehead atoms. The zero-order chi connectivity index (χ0) is 9.23. The van der Waals surface area contributed by atoms with Gasteiger partial charge in [0.15, 0.2) is 0 Å². The SMILES string of the molecule is CCCC[Si][Si](CCCC)[Si]C. The third kappa shape index (κ3) is 7.31. The molecule has 0 N–H and O–H groups in total. The second-order valence-corrected chi connectivity index (χ2v) is 13.6. The van der Waals surface area contributed by atoms with E-state index in [1.54, 1.807) is 6.04 Å². The number of hydrogen-bond donors (Lipinski definition) is 0. The van der Waals surface area contributed by atoms with Gasteiger partial charge >= 0.3 is 0 Å². The summed E-state index contributed by atoms with van der Waals surface area (Å²) in [5.41, 5.74) is 0. The third-order valence-electron chi connectivity index (χ3n) is 1.95. The summed E-state index contributed by atoms with van der Waals surface area (Å²) in [5.74, 6) is 0. The molecule has 0 aromatic heterocycles. The van der Waals surface area contributed by atoms with Crippen molar-refractivity contribution in [2.45, 2.75) is 58.2 Å². The van der Waals surface area contributed by atoms with Gasteiger partial charge in [0.05, 0.1) is 0 Å². The highest BCUT2D eigenvalue weighted by Gasteiger charge is 2.07. The number of unbranched alkanes of at least 4 members (excludes halogenated alkanes) is 2. The van der Waals surface area contributed by atoms with E-state index in [1.165, 1.54) is 49.8 Å². The lowest BCUT2D eigenvalue weighted by atomic mass is 10.4. The Labute approximate surface area is 84.4 Å². The van der Waals surface area contributed by atoms with Gasteiger partial charge in [0, 0.05) is 25.9 Å². The van der Waals surface area contributed by atoms with Crippen molar-refractivity contribution in [1.82, 2.24) is 0 Å². The van der Waals surface area contributed by atoms with Crippen LogP contribution in [0.4, 0.5) is 0 Å². The lowest BCUT2D eigenvalue weighted by molar-refractivity contribution is 0.875. The Bertz CT molecular complexity index is 85.8. The predicted molar refractivity (Wildman–Crippen MR) is 62.6 cm³/mol. The van der Waals surface area contributed by atoms with E-state index in [-0.39, 0.29) is 7.83 Å². The van der Waals surface area contributed by atoms with Crippen molar-refractivity contribution in [2.75, 3.05) is 0 Å². The van der Waals surface area contributed by atoms with Crippen molar-refractivity contribution in [3.63, 3.8) is 0 Å². The zero-order valence-corrected chi connectivity index (χ0v) is 11.7. The minimum atomic E-state index is 0.136. The third-order valence-corrected chi connectivity index (χ3v) is 13.6. The van der Waals surface area contributed by atoms with E-state index >= 15 is 0 Å². The predicted octanol–water partition coefficient (Wildman–Crippen LogP) is 2.95. The average Bonchev–Trinajstić information content (AvgIpc) is 2.11. The summed E-state index contributed by atoms with van der Waals surface area (Å²) in [6, 6.07) is 3.13. The van der Waals surface area contributed by atoms with Gasteiger partial charge in [0.25, 0.3) is 0 Å². The molecule has 5 radical (unpaired) electrons. The molecular weight excluding hydrogens is 192 g/mol. The molecule has 3 heteroatoms. The smallest absolute Gasteiger partial charge is 0.0222 e. The van der Waals surface area contributed by atoms with Crippen LogP contribution < -0.4 is 0 Å². The monoisotopic (exact) mass is 213 g/mol. The van der Waals surface area contributed by atoms with Crippen LogP contribution in [-0.4, -0.2) is 25.9 Å². The van der Waals surface area contributed by atoms with Crippen molar-refractivity contribution in [1.29, 1.82) is 0 Å². The van der Waals surface area contributed by atoms with Crippen molar-refractivity contribution in [2.24, 2.45) is 0 Å². The summed E-state index contributed by atoms with van der Waals surface area (Å²) in [7, 11) is 2.77. The summed E-state index contributed by atoms with van der Waals surface area (Å²) >= 11 is 0. The maximum atomic E-state index is 2.42. The molecule has 0 aliphatic rings. The molecule has 0 rings (SSSR count). The molecule has 0 amide bonds. The molecule has 0 aliphatic heterocycles. The van der Waals surface area contributed by atoms with Crippen molar-refractivity contribution < 1.29 is 0 Å². The Hall–Kier alpha value is 0.651. The van der Waals surface area contributed by atoms with E-state index in [2.05, 4.69) is 20.4 Å². The van der Waals surface area contributed by atoms with Crippen LogP contribution in [0, 0.1) is 0 Å². The Kier molecular flexibility index (Phi) is 10.3. The quantitative estimate of drug-likeness (QED) is 0.430. The number of rotatable bonds is 8. The first-order valence-corrected chi connectivity index (χ1v) is 11.5. The van der Waals surface area contributed by atoms with Crippen LogP contribution in [0.15, 0.2) is 0 Å². The van der Waals surface area contributed by atoms with Gasteiger partial charge < -0.3 is 0 Å². The Balaban J connectivity index is 3.26. The molecule has 0 nitrogen and oxygen atoms in total. The van der Waals surface area contributed by atoms with Crippen LogP contribution in [0.2, 0.25) is 18.6 Å².